The maximum absolute atomic E-state index is 11.9. The molecule has 7 heteroatoms. The first kappa shape index (κ1) is 15.0. The van der Waals surface area contributed by atoms with E-state index in [1.807, 2.05) is 18.2 Å². The van der Waals surface area contributed by atoms with Crippen LogP contribution in [-0.2, 0) is 11.8 Å². The fraction of sp³-hybridized carbons (Fsp3) is 0.133. The Balaban J connectivity index is 2.39. The molecule has 0 spiro atoms. The largest absolute Gasteiger partial charge is 0.464 e. The zero-order valence-electron chi connectivity index (χ0n) is 11.8. The second-order valence-electron chi connectivity index (χ2n) is 4.66. The fourth-order valence-corrected chi connectivity index (χ4v) is 2.90. The Morgan fingerprint density at radius 1 is 1.36 bits per heavy atom. The van der Waals surface area contributed by atoms with Crippen LogP contribution in [0.3, 0.4) is 0 Å². The van der Waals surface area contributed by atoms with Crippen molar-refractivity contribution in [3.8, 4) is 11.1 Å². The van der Waals surface area contributed by atoms with Crippen LogP contribution < -0.4 is 0 Å². The second-order valence-corrected chi connectivity index (χ2v) is 5.87. The summed E-state index contributed by atoms with van der Waals surface area (Å²) >= 11 is 9.77. The van der Waals surface area contributed by atoms with Crippen LogP contribution >= 0.6 is 27.5 Å². The Morgan fingerprint density at radius 2 is 2.14 bits per heavy atom. The zero-order valence-corrected chi connectivity index (χ0v) is 14.1. The van der Waals surface area contributed by atoms with Gasteiger partial charge in [0.1, 0.15) is 10.8 Å². The third kappa shape index (κ3) is 2.38. The van der Waals surface area contributed by atoms with Crippen molar-refractivity contribution in [3.05, 3.63) is 45.8 Å². The van der Waals surface area contributed by atoms with E-state index >= 15 is 0 Å². The van der Waals surface area contributed by atoms with E-state index in [1.54, 1.807) is 24.0 Å². The number of aromatic nitrogens is 3. The van der Waals surface area contributed by atoms with Gasteiger partial charge in [0.2, 0.25) is 0 Å². The summed E-state index contributed by atoms with van der Waals surface area (Å²) in [5.41, 5.74) is 2.40. The number of esters is 1. The van der Waals surface area contributed by atoms with Gasteiger partial charge in [-0.25, -0.2) is 9.78 Å². The summed E-state index contributed by atoms with van der Waals surface area (Å²) in [6.45, 7) is 0. The molecule has 0 unspecified atom stereocenters. The van der Waals surface area contributed by atoms with Gasteiger partial charge in [0.15, 0.2) is 0 Å². The Labute approximate surface area is 140 Å². The van der Waals surface area contributed by atoms with Crippen molar-refractivity contribution in [1.82, 2.24) is 14.8 Å². The lowest BCUT2D eigenvalue weighted by molar-refractivity contribution is 0.0594. The normalized spacial score (nSPS) is 10.9. The molecule has 5 nitrogen and oxygen atoms in total. The molecule has 0 aliphatic carbocycles. The maximum atomic E-state index is 11.9. The van der Waals surface area contributed by atoms with Gasteiger partial charge in [0, 0.05) is 22.5 Å². The van der Waals surface area contributed by atoms with Crippen molar-refractivity contribution in [1.29, 1.82) is 0 Å². The predicted molar refractivity (Wildman–Crippen MR) is 88.0 cm³/mol. The molecule has 0 bridgehead atoms. The van der Waals surface area contributed by atoms with Gasteiger partial charge in [0.05, 0.1) is 18.8 Å². The minimum atomic E-state index is -0.501. The smallest absolute Gasteiger partial charge is 0.356 e. The maximum Gasteiger partial charge on any atom is 0.356 e. The molecule has 112 valence electrons. The second kappa shape index (κ2) is 5.70. The van der Waals surface area contributed by atoms with Crippen molar-refractivity contribution in [2.24, 2.45) is 7.05 Å². The molecule has 22 heavy (non-hydrogen) atoms. The van der Waals surface area contributed by atoms with Gasteiger partial charge < -0.3 is 4.74 Å². The van der Waals surface area contributed by atoms with E-state index in [-0.39, 0.29) is 5.69 Å². The molecule has 0 fully saturated rings. The van der Waals surface area contributed by atoms with E-state index < -0.39 is 5.97 Å². The van der Waals surface area contributed by atoms with Gasteiger partial charge in [-0.05, 0) is 33.6 Å². The topological polar surface area (TPSA) is 57.0 Å². The highest BCUT2D eigenvalue weighted by atomic mass is 79.9. The number of carbonyl (C=O) groups excluding carboxylic acids is 1. The minimum absolute atomic E-state index is 0.219. The lowest BCUT2D eigenvalue weighted by Crippen LogP contribution is -2.05. The van der Waals surface area contributed by atoms with E-state index in [0.29, 0.717) is 10.7 Å². The number of carbonyl (C=O) groups is 1. The number of nitrogens with zero attached hydrogens (tertiary/aromatic N) is 3. The Morgan fingerprint density at radius 3 is 2.77 bits per heavy atom. The summed E-state index contributed by atoms with van der Waals surface area (Å²) in [6.07, 6.45) is 1.67. The number of pyridine rings is 1. The molecule has 0 amide bonds. The first-order valence-corrected chi connectivity index (χ1v) is 7.55. The van der Waals surface area contributed by atoms with Crippen LogP contribution in [0.1, 0.15) is 10.5 Å². The summed E-state index contributed by atoms with van der Waals surface area (Å²) < 4.78 is 7.14. The lowest BCUT2D eigenvalue weighted by atomic mass is 10.0. The quantitative estimate of drug-likeness (QED) is 0.634. The van der Waals surface area contributed by atoms with Crippen LogP contribution in [0.15, 0.2) is 34.9 Å². The lowest BCUT2D eigenvalue weighted by Gasteiger charge is -2.09. The van der Waals surface area contributed by atoms with E-state index in [0.717, 1.165) is 21.0 Å². The van der Waals surface area contributed by atoms with Crippen LogP contribution in [0.4, 0.5) is 0 Å². The number of hydrogen-bond donors (Lipinski definition) is 0. The third-order valence-electron chi connectivity index (χ3n) is 3.34. The Bertz CT molecular complexity index is 892. The number of aryl methyl sites for hydroxylation is 1. The highest BCUT2D eigenvalue weighted by molar-refractivity contribution is 9.10. The van der Waals surface area contributed by atoms with Gasteiger partial charge in [-0.1, -0.05) is 23.7 Å². The van der Waals surface area contributed by atoms with Crippen molar-refractivity contribution in [2.75, 3.05) is 7.11 Å². The van der Waals surface area contributed by atoms with Gasteiger partial charge in [-0.2, -0.15) is 5.10 Å². The van der Waals surface area contributed by atoms with Crippen molar-refractivity contribution in [2.45, 2.75) is 0 Å². The van der Waals surface area contributed by atoms with Crippen molar-refractivity contribution < 1.29 is 9.53 Å². The monoisotopic (exact) mass is 379 g/mol. The Kier molecular flexibility index (Phi) is 3.88. The van der Waals surface area contributed by atoms with Crippen LogP contribution in [0, 0.1) is 0 Å². The molecule has 0 aliphatic heterocycles. The molecule has 1 aromatic carbocycles. The summed E-state index contributed by atoms with van der Waals surface area (Å²) in [5, 5.41) is 5.51. The number of methoxy groups -OCH3 is 1. The molecule has 0 radical (unpaired) electrons. The van der Waals surface area contributed by atoms with Crippen molar-refractivity contribution >= 4 is 44.4 Å². The first-order valence-electron chi connectivity index (χ1n) is 6.38. The average Bonchev–Trinajstić information content (AvgIpc) is 2.86. The SMILES string of the molecule is COC(=O)c1cc(-c2cnn(C)c2Cl)c2cccc(Br)c2n1. The molecular formula is C15H11BrClN3O2. The number of hydrogen-bond acceptors (Lipinski definition) is 4. The van der Waals surface area contributed by atoms with E-state index in [9.17, 15) is 4.79 Å². The molecule has 0 atom stereocenters. The third-order valence-corrected chi connectivity index (χ3v) is 4.43. The molecule has 0 saturated carbocycles. The van der Waals surface area contributed by atoms with Gasteiger partial charge in [-0.3, -0.25) is 4.68 Å². The molecule has 2 heterocycles. The molecule has 0 saturated heterocycles. The molecule has 0 aliphatic rings. The molecule has 0 N–H and O–H groups in total. The van der Waals surface area contributed by atoms with E-state index in [1.165, 1.54) is 7.11 Å². The zero-order chi connectivity index (χ0) is 15.9. The summed E-state index contributed by atoms with van der Waals surface area (Å²) in [7, 11) is 3.08. The van der Waals surface area contributed by atoms with Crippen LogP contribution in [-0.4, -0.2) is 27.8 Å². The predicted octanol–water partition coefficient (Wildman–Crippen LogP) is 3.84. The number of benzene rings is 1. The summed E-state index contributed by atoms with van der Waals surface area (Å²) in [5.74, 6) is -0.501. The van der Waals surface area contributed by atoms with Crippen LogP contribution in [0.25, 0.3) is 22.0 Å². The standard InChI is InChI=1S/C15H11BrClN3O2/c1-20-14(17)10(7-18-20)9-6-12(15(21)22-2)19-13-8(9)4-3-5-11(13)16/h3-7H,1-2H3. The number of ether oxygens (including phenoxy) is 1. The first-order chi connectivity index (χ1) is 10.5. The van der Waals surface area contributed by atoms with Gasteiger partial charge in [0.25, 0.3) is 0 Å². The minimum Gasteiger partial charge on any atom is -0.464 e. The summed E-state index contributed by atoms with van der Waals surface area (Å²) in [6, 6.07) is 7.36. The number of para-hydroxylation sites is 1. The number of fused-ring (bicyclic) bond motifs is 1. The van der Waals surface area contributed by atoms with Gasteiger partial charge in [-0.15, -0.1) is 0 Å². The van der Waals surface area contributed by atoms with E-state index in [4.69, 9.17) is 16.3 Å². The molecule has 3 rings (SSSR count). The number of rotatable bonds is 2. The highest BCUT2D eigenvalue weighted by Crippen LogP contribution is 2.35. The molecule has 3 aromatic rings. The van der Waals surface area contributed by atoms with E-state index in [2.05, 4.69) is 26.0 Å². The van der Waals surface area contributed by atoms with Gasteiger partial charge >= 0.3 is 5.97 Å². The Hall–Kier alpha value is -1.92. The number of halogens is 2. The summed E-state index contributed by atoms with van der Waals surface area (Å²) in [4.78, 5) is 16.3. The molecular weight excluding hydrogens is 370 g/mol. The molecule has 2 aromatic heterocycles. The average molecular weight is 381 g/mol. The highest BCUT2D eigenvalue weighted by Gasteiger charge is 2.18. The van der Waals surface area contributed by atoms with Crippen molar-refractivity contribution in [3.63, 3.8) is 0 Å². The van der Waals surface area contributed by atoms with Crippen LogP contribution in [0.2, 0.25) is 5.15 Å². The fourth-order valence-electron chi connectivity index (χ4n) is 2.25. The van der Waals surface area contributed by atoms with Crippen LogP contribution in [0.5, 0.6) is 0 Å².